The van der Waals surface area contributed by atoms with Gasteiger partial charge in [-0.1, -0.05) is 121 Å². The molecule has 2 heteroatoms. The summed E-state index contributed by atoms with van der Waals surface area (Å²) in [7, 11) is 0. The lowest BCUT2D eigenvalue weighted by atomic mass is 9.99. The van der Waals surface area contributed by atoms with Crippen LogP contribution in [0.4, 0.5) is 17.1 Å². The third-order valence-electron chi connectivity index (χ3n) is 8.04. The van der Waals surface area contributed by atoms with E-state index in [0.717, 1.165) is 55.5 Å². The van der Waals surface area contributed by atoms with Crippen molar-refractivity contribution in [2.24, 2.45) is 0 Å². The Bertz CT molecular complexity index is 2160. The van der Waals surface area contributed by atoms with E-state index in [4.69, 9.17) is 4.42 Å². The highest BCUT2D eigenvalue weighted by atomic mass is 16.3. The van der Waals surface area contributed by atoms with Crippen molar-refractivity contribution in [2.45, 2.75) is 0 Å². The lowest BCUT2D eigenvalue weighted by Crippen LogP contribution is -2.10. The summed E-state index contributed by atoms with van der Waals surface area (Å²) in [5.41, 5.74) is 9.71. The van der Waals surface area contributed by atoms with Crippen molar-refractivity contribution >= 4 is 49.8 Å². The molecule has 0 unspecified atom stereocenters. The van der Waals surface area contributed by atoms with E-state index < -0.39 is 0 Å². The van der Waals surface area contributed by atoms with Crippen molar-refractivity contribution in [1.29, 1.82) is 0 Å². The summed E-state index contributed by atoms with van der Waals surface area (Å²) < 4.78 is 6.74. The van der Waals surface area contributed by atoms with Gasteiger partial charge in [-0.3, -0.25) is 0 Å². The second-order valence-corrected chi connectivity index (χ2v) is 10.6. The average Bonchev–Trinajstić information content (AvgIpc) is 3.45. The summed E-state index contributed by atoms with van der Waals surface area (Å²) >= 11 is 0. The predicted molar refractivity (Wildman–Crippen MR) is 177 cm³/mol. The molecule has 0 spiro atoms. The fourth-order valence-electron chi connectivity index (χ4n) is 6.01. The molecule has 0 fully saturated rings. The second-order valence-electron chi connectivity index (χ2n) is 10.6. The summed E-state index contributed by atoms with van der Waals surface area (Å²) in [6.45, 7) is 0. The third kappa shape index (κ3) is 4.13. The fourth-order valence-corrected chi connectivity index (χ4v) is 6.01. The van der Waals surface area contributed by atoms with Gasteiger partial charge in [-0.05, 0) is 64.5 Å². The summed E-state index contributed by atoms with van der Waals surface area (Å²) in [5.74, 6) is 0. The van der Waals surface area contributed by atoms with E-state index in [9.17, 15) is 0 Å². The number of anilines is 3. The van der Waals surface area contributed by atoms with Crippen LogP contribution in [0.5, 0.6) is 0 Å². The van der Waals surface area contributed by atoms with Crippen LogP contribution in [0.2, 0.25) is 0 Å². The van der Waals surface area contributed by atoms with Crippen LogP contribution in [-0.4, -0.2) is 0 Å². The standard InChI is InChI=1S/C40H27NO/c1-4-12-28(13-5-1)29-20-23-33(24-21-29)41(32-17-8-3-9-18-32)34-26-37(30-14-6-2-7-15-30)40-38(27-34)36-25-22-31-16-10-11-19-35(31)39(36)42-40/h1-27H. The highest BCUT2D eigenvalue weighted by Crippen LogP contribution is 2.44. The van der Waals surface area contributed by atoms with Crippen LogP contribution < -0.4 is 4.90 Å². The van der Waals surface area contributed by atoms with Crippen molar-refractivity contribution in [3.05, 3.63) is 164 Å². The van der Waals surface area contributed by atoms with E-state index in [2.05, 4.69) is 169 Å². The Labute approximate surface area is 244 Å². The Morgan fingerprint density at radius 2 is 0.952 bits per heavy atom. The molecule has 42 heavy (non-hydrogen) atoms. The van der Waals surface area contributed by atoms with Gasteiger partial charge < -0.3 is 9.32 Å². The van der Waals surface area contributed by atoms with Crippen LogP contribution in [0.1, 0.15) is 0 Å². The number of nitrogens with zero attached hydrogens (tertiary/aromatic N) is 1. The first kappa shape index (κ1) is 24.2. The smallest absolute Gasteiger partial charge is 0.143 e. The predicted octanol–water partition coefficient (Wildman–Crippen LogP) is 11.5. The minimum absolute atomic E-state index is 0.906. The van der Waals surface area contributed by atoms with Crippen molar-refractivity contribution in [3.8, 4) is 22.3 Å². The Balaban J connectivity index is 1.39. The van der Waals surface area contributed by atoms with Crippen LogP contribution in [0, 0.1) is 0 Å². The normalized spacial score (nSPS) is 11.3. The molecule has 198 valence electrons. The first-order chi connectivity index (χ1) is 20.8. The summed E-state index contributed by atoms with van der Waals surface area (Å²) in [6.07, 6.45) is 0. The van der Waals surface area contributed by atoms with Gasteiger partial charge in [0.2, 0.25) is 0 Å². The van der Waals surface area contributed by atoms with Gasteiger partial charge in [0.15, 0.2) is 0 Å². The van der Waals surface area contributed by atoms with Crippen LogP contribution in [0.25, 0.3) is 55.0 Å². The van der Waals surface area contributed by atoms with Crippen LogP contribution in [0.15, 0.2) is 168 Å². The maximum atomic E-state index is 6.74. The zero-order valence-corrected chi connectivity index (χ0v) is 22.9. The van der Waals surface area contributed by atoms with E-state index in [-0.39, 0.29) is 0 Å². The van der Waals surface area contributed by atoms with E-state index in [1.807, 2.05) is 0 Å². The monoisotopic (exact) mass is 537 g/mol. The number of hydrogen-bond acceptors (Lipinski definition) is 2. The minimum atomic E-state index is 0.906. The quantitative estimate of drug-likeness (QED) is 0.217. The van der Waals surface area contributed by atoms with Gasteiger partial charge in [0.05, 0.1) is 0 Å². The molecule has 0 aliphatic rings. The molecule has 0 saturated heterocycles. The number of benzene rings is 7. The maximum absolute atomic E-state index is 6.74. The number of rotatable bonds is 5. The summed E-state index contributed by atoms with van der Waals surface area (Å²) in [4.78, 5) is 2.33. The van der Waals surface area contributed by atoms with Gasteiger partial charge in [0.1, 0.15) is 11.2 Å². The zero-order valence-electron chi connectivity index (χ0n) is 22.9. The molecular weight excluding hydrogens is 510 g/mol. The van der Waals surface area contributed by atoms with E-state index in [1.54, 1.807) is 0 Å². The molecule has 8 rings (SSSR count). The van der Waals surface area contributed by atoms with Gasteiger partial charge in [-0.15, -0.1) is 0 Å². The zero-order chi connectivity index (χ0) is 27.9. The van der Waals surface area contributed by atoms with Crippen LogP contribution in [-0.2, 0) is 0 Å². The first-order valence-electron chi connectivity index (χ1n) is 14.3. The summed E-state index contributed by atoms with van der Waals surface area (Å²) in [6, 6.07) is 57.9. The highest BCUT2D eigenvalue weighted by Gasteiger charge is 2.20. The third-order valence-corrected chi connectivity index (χ3v) is 8.04. The molecule has 0 atom stereocenters. The number of fused-ring (bicyclic) bond motifs is 5. The molecule has 0 saturated carbocycles. The molecule has 1 heterocycles. The van der Waals surface area contributed by atoms with E-state index in [0.29, 0.717) is 0 Å². The Morgan fingerprint density at radius 1 is 0.357 bits per heavy atom. The van der Waals surface area contributed by atoms with Crippen molar-refractivity contribution in [2.75, 3.05) is 4.90 Å². The molecule has 7 aromatic carbocycles. The van der Waals surface area contributed by atoms with Gasteiger partial charge in [0.25, 0.3) is 0 Å². The molecule has 0 N–H and O–H groups in total. The molecule has 0 bridgehead atoms. The largest absolute Gasteiger partial charge is 0.455 e. The minimum Gasteiger partial charge on any atom is -0.455 e. The van der Waals surface area contributed by atoms with Crippen LogP contribution in [0.3, 0.4) is 0 Å². The lowest BCUT2D eigenvalue weighted by molar-refractivity contribution is 0.674. The Kier molecular flexibility index (Phi) is 5.82. The second kappa shape index (κ2) is 10.1. The fraction of sp³-hybridized carbons (Fsp3) is 0. The van der Waals surface area contributed by atoms with Gasteiger partial charge in [0, 0.05) is 38.8 Å². The SMILES string of the molecule is c1ccc(-c2ccc(N(c3ccccc3)c3cc(-c4ccccc4)c4oc5c6ccccc6ccc5c4c3)cc2)cc1. The van der Waals surface area contributed by atoms with Gasteiger partial charge >= 0.3 is 0 Å². The van der Waals surface area contributed by atoms with Gasteiger partial charge in [-0.25, -0.2) is 0 Å². The molecule has 0 aliphatic heterocycles. The molecule has 0 radical (unpaired) electrons. The topological polar surface area (TPSA) is 16.4 Å². The summed E-state index contributed by atoms with van der Waals surface area (Å²) in [5, 5.41) is 4.53. The average molecular weight is 538 g/mol. The van der Waals surface area contributed by atoms with E-state index >= 15 is 0 Å². The number of para-hydroxylation sites is 1. The Hall–Kier alpha value is -5.60. The molecule has 0 amide bonds. The number of furan rings is 1. The van der Waals surface area contributed by atoms with Crippen molar-refractivity contribution in [1.82, 2.24) is 0 Å². The van der Waals surface area contributed by atoms with E-state index in [1.165, 1.54) is 16.5 Å². The molecular formula is C40H27NO. The maximum Gasteiger partial charge on any atom is 0.143 e. The molecule has 8 aromatic rings. The molecule has 2 nitrogen and oxygen atoms in total. The van der Waals surface area contributed by atoms with Crippen molar-refractivity contribution in [3.63, 3.8) is 0 Å². The molecule has 0 aliphatic carbocycles. The van der Waals surface area contributed by atoms with Gasteiger partial charge in [-0.2, -0.15) is 0 Å². The van der Waals surface area contributed by atoms with Crippen LogP contribution >= 0.6 is 0 Å². The molecule has 1 aromatic heterocycles. The number of hydrogen-bond donors (Lipinski definition) is 0. The lowest BCUT2D eigenvalue weighted by Gasteiger charge is -2.26. The Morgan fingerprint density at radius 3 is 1.69 bits per heavy atom. The first-order valence-corrected chi connectivity index (χ1v) is 14.3. The van der Waals surface area contributed by atoms with Crippen molar-refractivity contribution < 1.29 is 4.42 Å². The highest BCUT2D eigenvalue weighted by molar-refractivity contribution is 6.18.